The van der Waals surface area contributed by atoms with Gasteiger partial charge in [0.1, 0.15) is 0 Å². The van der Waals surface area contributed by atoms with Gasteiger partial charge in [0.2, 0.25) is 0 Å². The number of pyridine rings is 1. The summed E-state index contributed by atoms with van der Waals surface area (Å²) in [6.07, 6.45) is 1.64. The maximum Gasteiger partial charge on any atom is 0.412 e. The molecule has 5 nitrogen and oxygen atoms in total. The fraction of sp³-hybridized carbons (Fsp3) is 0.286. The first-order valence-electron chi connectivity index (χ1n) is 6.34. The number of nitrogens with zero attached hydrogens (tertiary/aromatic N) is 2. The Bertz CT molecular complexity index is 603. The molecule has 1 unspecified atom stereocenters. The van der Waals surface area contributed by atoms with Crippen molar-refractivity contribution in [2.24, 2.45) is 0 Å². The molecule has 2 heterocycles. The van der Waals surface area contributed by atoms with E-state index in [4.69, 9.17) is 0 Å². The molecule has 1 fully saturated rings. The SMILES string of the molecule is O=C(O)N(c1cccc2ncccc12)C1CCNC1. The summed E-state index contributed by atoms with van der Waals surface area (Å²) in [7, 11) is 0. The number of benzene rings is 1. The third-order valence-corrected chi connectivity index (χ3v) is 3.49. The Hall–Kier alpha value is -2.14. The third-order valence-electron chi connectivity index (χ3n) is 3.49. The highest BCUT2D eigenvalue weighted by atomic mass is 16.4. The van der Waals surface area contributed by atoms with E-state index in [1.165, 1.54) is 4.90 Å². The molecule has 1 aliphatic rings. The molecule has 0 saturated carbocycles. The van der Waals surface area contributed by atoms with E-state index in [2.05, 4.69) is 10.3 Å². The molecule has 0 aliphatic carbocycles. The molecule has 19 heavy (non-hydrogen) atoms. The number of aromatic nitrogens is 1. The molecular formula is C14H15N3O2. The summed E-state index contributed by atoms with van der Waals surface area (Å²) in [4.78, 5) is 17.3. The Morgan fingerprint density at radius 3 is 3.00 bits per heavy atom. The third kappa shape index (κ3) is 2.13. The lowest BCUT2D eigenvalue weighted by molar-refractivity contribution is 0.199. The molecule has 3 rings (SSSR count). The van der Waals surface area contributed by atoms with Crippen LogP contribution in [0.25, 0.3) is 10.9 Å². The van der Waals surface area contributed by atoms with Crippen molar-refractivity contribution in [1.29, 1.82) is 0 Å². The van der Waals surface area contributed by atoms with Crippen molar-refractivity contribution >= 4 is 22.7 Å². The van der Waals surface area contributed by atoms with Crippen LogP contribution in [0.1, 0.15) is 6.42 Å². The topological polar surface area (TPSA) is 65.5 Å². The Labute approximate surface area is 110 Å². The second-order valence-electron chi connectivity index (χ2n) is 4.65. The lowest BCUT2D eigenvalue weighted by Crippen LogP contribution is -2.41. The van der Waals surface area contributed by atoms with Crippen LogP contribution in [-0.2, 0) is 0 Å². The van der Waals surface area contributed by atoms with Crippen molar-refractivity contribution in [3.63, 3.8) is 0 Å². The van der Waals surface area contributed by atoms with Crippen LogP contribution in [0.4, 0.5) is 10.5 Å². The number of carbonyl (C=O) groups is 1. The van der Waals surface area contributed by atoms with Crippen LogP contribution in [0.5, 0.6) is 0 Å². The first-order chi connectivity index (χ1) is 9.27. The van der Waals surface area contributed by atoms with E-state index >= 15 is 0 Å². The van der Waals surface area contributed by atoms with Crippen LogP contribution >= 0.6 is 0 Å². The van der Waals surface area contributed by atoms with E-state index in [0.29, 0.717) is 12.2 Å². The minimum atomic E-state index is -0.912. The van der Waals surface area contributed by atoms with E-state index in [1.807, 2.05) is 30.3 Å². The fourth-order valence-corrected chi connectivity index (χ4v) is 2.61. The van der Waals surface area contributed by atoms with Crippen molar-refractivity contribution in [1.82, 2.24) is 10.3 Å². The number of nitrogens with one attached hydrogen (secondary N) is 1. The van der Waals surface area contributed by atoms with Gasteiger partial charge >= 0.3 is 6.09 Å². The predicted octanol–water partition coefficient (Wildman–Crippen LogP) is 2.08. The fourth-order valence-electron chi connectivity index (χ4n) is 2.61. The van der Waals surface area contributed by atoms with Gasteiger partial charge in [0, 0.05) is 18.1 Å². The van der Waals surface area contributed by atoms with Crippen LogP contribution in [-0.4, -0.2) is 35.3 Å². The second kappa shape index (κ2) is 4.85. The van der Waals surface area contributed by atoms with Crippen LogP contribution in [0.2, 0.25) is 0 Å². The molecule has 0 radical (unpaired) electrons. The van der Waals surface area contributed by atoms with Gasteiger partial charge in [-0.1, -0.05) is 6.07 Å². The summed E-state index contributed by atoms with van der Waals surface area (Å²) in [5.74, 6) is 0. The molecule has 1 saturated heterocycles. The molecule has 1 amide bonds. The van der Waals surface area contributed by atoms with E-state index in [0.717, 1.165) is 23.9 Å². The minimum absolute atomic E-state index is 0.0108. The Kier molecular flexibility index (Phi) is 3.05. The van der Waals surface area contributed by atoms with E-state index in [-0.39, 0.29) is 6.04 Å². The number of anilines is 1. The van der Waals surface area contributed by atoms with E-state index < -0.39 is 6.09 Å². The first-order valence-corrected chi connectivity index (χ1v) is 6.34. The van der Waals surface area contributed by atoms with Gasteiger partial charge in [-0.3, -0.25) is 9.88 Å². The minimum Gasteiger partial charge on any atom is -0.465 e. The first kappa shape index (κ1) is 11.9. The van der Waals surface area contributed by atoms with E-state index in [1.54, 1.807) is 6.20 Å². The zero-order valence-electron chi connectivity index (χ0n) is 10.4. The highest BCUT2D eigenvalue weighted by molar-refractivity contribution is 6.00. The largest absolute Gasteiger partial charge is 0.465 e. The predicted molar refractivity (Wildman–Crippen MR) is 73.5 cm³/mol. The van der Waals surface area contributed by atoms with Gasteiger partial charge in [0.15, 0.2) is 0 Å². The summed E-state index contributed by atoms with van der Waals surface area (Å²) in [6.45, 7) is 1.56. The van der Waals surface area contributed by atoms with Crippen LogP contribution in [0.3, 0.4) is 0 Å². The summed E-state index contributed by atoms with van der Waals surface area (Å²) < 4.78 is 0. The number of fused-ring (bicyclic) bond motifs is 1. The Morgan fingerprint density at radius 1 is 1.37 bits per heavy atom. The summed E-state index contributed by atoms with van der Waals surface area (Å²) in [5.41, 5.74) is 1.53. The van der Waals surface area contributed by atoms with E-state index in [9.17, 15) is 9.90 Å². The van der Waals surface area contributed by atoms with Gasteiger partial charge in [-0.25, -0.2) is 4.79 Å². The molecule has 1 aromatic heterocycles. The van der Waals surface area contributed by atoms with Crippen LogP contribution in [0, 0.1) is 0 Å². The van der Waals surface area contributed by atoms with Gasteiger partial charge in [0.25, 0.3) is 0 Å². The molecule has 98 valence electrons. The standard InChI is InChI=1S/C14H15N3O2/c18-14(19)17(10-6-8-15-9-10)13-5-1-4-12-11(13)3-2-7-16-12/h1-5,7,10,15H,6,8-9H2,(H,18,19). The monoisotopic (exact) mass is 257 g/mol. The number of hydrogen-bond acceptors (Lipinski definition) is 3. The zero-order chi connectivity index (χ0) is 13.2. The zero-order valence-corrected chi connectivity index (χ0v) is 10.4. The molecule has 1 aliphatic heterocycles. The number of rotatable bonds is 2. The molecule has 1 atom stereocenters. The van der Waals surface area contributed by atoms with Crippen molar-refractivity contribution in [2.45, 2.75) is 12.5 Å². The van der Waals surface area contributed by atoms with Gasteiger partial charge in [-0.05, 0) is 37.2 Å². The lowest BCUT2D eigenvalue weighted by Gasteiger charge is -2.26. The van der Waals surface area contributed by atoms with Crippen molar-refractivity contribution in [3.05, 3.63) is 36.5 Å². The molecular weight excluding hydrogens is 242 g/mol. The Morgan fingerprint density at radius 2 is 2.26 bits per heavy atom. The number of carboxylic acid groups (broad SMARTS) is 1. The van der Waals surface area contributed by atoms with Gasteiger partial charge in [-0.2, -0.15) is 0 Å². The average molecular weight is 257 g/mol. The van der Waals surface area contributed by atoms with Crippen LogP contribution < -0.4 is 10.2 Å². The summed E-state index contributed by atoms with van der Waals surface area (Å²) in [5, 5.41) is 13.6. The molecule has 5 heteroatoms. The van der Waals surface area contributed by atoms with Crippen molar-refractivity contribution < 1.29 is 9.90 Å². The summed E-state index contributed by atoms with van der Waals surface area (Å²) >= 11 is 0. The van der Waals surface area contributed by atoms with Crippen molar-refractivity contribution in [3.8, 4) is 0 Å². The molecule has 0 spiro atoms. The normalized spacial score (nSPS) is 18.6. The lowest BCUT2D eigenvalue weighted by atomic mass is 10.1. The molecule has 0 bridgehead atoms. The highest BCUT2D eigenvalue weighted by Crippen LogP contribution is 2.28. The average Bonchev–Trinajstić information content (AvgIpc) is 2.93. The van der Waals surface area contributed by atoms with Gasteiger partial charge in [-0.15, -0.1) is 0 Å². The van der Waals surface area contributed by atoms with Crippen LogP contribution in [0.15, 0.2) is 36.5 Å². The van der Waals surface area contributed by atoms with Gasteiger partial charge in [0.05, 0.1) is 17.2 Å². The number of hydrogen-bond donors (Lipinski definition) is 2. The maximum atomic E-state index is 11.6. The van der Waals surface area contributed by atoms with Crippen molar-refractivity contribution in [2.75, 3.05) is 18.0 Å². The second-order valence-corrected chi connectivity index (χ2v) is 4.65. The Balaban J connectivity index is 2.12. The molecule has 1 aromatic carbocycles. The number of amides is 1. The smallest absolute Gasteiger partial charge is 0.412 e. The molecule has 2 aromatic rings. The summed E-state index contributed by atoms with van der Waals surface area (Å²) in [6, 6.07) is 9.32. The maximum absolute atomic E-state index is 11.6. The molecule has 2 N–H and O–H groups in total. The quantitative estimate of drug-likeness (QED) is 0.864. The highest BCUT2D eigenvalue weighted by Gasteiger charge is 2.28. The van der Waals surface area contributed by atoms with Gasteiger partial charge < -0.3 is 10.4 Å².